The zero-order chi connectivity index (χ0) is 20.7. The van der Waals surface area contributed by atoms with Gasteiger partial charge in [-0.25, -0.2) is 13.4 Å². The molecule has 5 rings (SSSR count). The monoisotopic (exact) mass is 418 g/mol. The van der Waals surface area contributed by atoms with Gasteiger partial charge in [0.2, 0.25) is 5.95 Å². The largest absolute Gasteiger partial charge is 0.324 e. The smallest absolute Gasteiger partial charge is 0.264 e. The Hall–Kier alpha value is -3.65. The Morgan fingerprint density at radius 1 is 1.00 bits per heavy atom. The van der Waals surface area contributed by atoms with Gasteiger partial charge in [-0.15, -0.1) is 0 Å². The average Bonchev–Trinajstić information content (AvgIpc) is 3.37. The van der Waals surface area contributed by atoms with Gasteiger partial charge in [-0.3, -0.25) is 14.4 Å². The van der Waals surface area contributed by atoms with Crippen molar-refractivity contribution in [2.45, 2.75) is 11.3 Å². The lowest BCUT2D eigenvalue weighted by Gasteiger charge is -2.19. The molecule has 0 fully saturated rings. The van der Waals surface area contributed by atoms with Crippen molar-refractivity contribution in [1.82, 2.24) is 9.97 Å². The molecule has 0 spiro atoms. The van der Waals surface area contributed by atoms with Crippen LogP contribution in [0.3, 0.4) is 0 Å². The number of anilines is 2. The predicted molar refractivity (Wildman–Crippen MR) is 115 cm³/mol. The number of aromatic amines is 1. The molecular formula is C22H18N4O3S. The minimum absolute atomic E-state index is 0.0801. The second-order valence-corrected chi connectivity index (χ2v) is 8.90. The van der Waals surface area contributed by atoms with Gasteiger partial charge in [0.15, 0.2) is 0 Å². The number of benzene rings is 3. The van der Waals surface area contributed by atoms with Crippen molar-refractivity contribution in [1.29, 1.82) is 0 Å². The summed E-state index contributed by atoms with van der Waals surface area (Å²) in [6, 6.07) is 20.9. The number of imidazole rings is 1. The number of fused-ring (bicyclic) bond motifs is 2. The molecule has 1 aliphatic rings. The molecule has 1 amide bonds. The number of H-pyrrole nitrogens is 1. The molecule has 0 saturated heterocycles. The van der Waals surface area contributed by atoms with Gasteiger partial charge in [-0.05, 0) is 48.4 Å². The predicted octanol–water partition coefficient (Wildman–Crippen LogP) is 3.57. The van der Waals surface area contributed by atoms with Gasteiger partial charge in [0, 0.05) is 12.1 Å². The van der Waals surface area contributed by atoms with Crippen LogP contribution >= 0.6 is 0 Å². The summed E-state index contributed by atoms with van der Waals surface area (Å²) in [7, 11) is -3.77. The van der Waals surface area contributed by atoms with Crippen LogP contribution in [-0.2, 0) is 16.4 Å². The van der Waals surface area contributed by atoms with E-state index < -0.39 is 15.9 Å². The van der Waals surface area contributed by atoms with Crippen LogP contribution in [0.2, 0.25) is 0 Å². The van der Waals surface area contributed by atoms with E-state index in [-0.39, 0.29) is 10.5 Å². The van der Waals surface area contributed by atoms with Crippen LogP contribution in [-0.4, -0.2) is 30.8 Å². The van der Waals surface area contributed by atoms with E-state index in [1.54, 1.807) is 18.2 Å². The molecule has 3 aromatic carbocycles. The Morgan fingerprint density at radius 3 is 2.67 bits per heavy atom. The maximum absolute atomic E-state index is 13.2. The zero-order valence-electron chi connectivity index (χ0n) is 15.9. The van der Waals surface area contributed by atoms with E-state index in [1.807, 2.05) is 42.5 Å². The molecule has 0 atom stereocenters. The SMILES string of the molecule is O=C(Nc1nc2ccccc2[nH]1)c1cccc(S(=O)(=O)N2CCc3ccccc32)c1. The number of para-hydroxylation sites is 3. The van der Waals surface area contributed by atoms with Crippen LogP contribution < -0.4 is 9.62 Å². The highest BCUT2D eigenvalue weighted by Gasteiger charge is 2.31. The maximum Gasteiger partial charge on any atom is 0.264 e. The summed E-state index contributed by atoms with van der Waals surface area (Å²) >= 11 is 0. The molecule has 0 aliphatic carbocycles. The molecule has 0 unspecified atom stereocenters. The van der Waals surface area contributed by atoms with Gasteiger partial charge in [0.05, 0.1) is 21.6 Å². The lowest BCUT2D eigenvalue weighted by molar-refractivity contribution is 0.102. The Balaban J connectivity index is 1.43. The third kappa shape index (κ3) is 3.11. The highest BCUT2D eigenvalue weighted by Crippen LogP contribution is 2.32. The van der Waals surface area contributed by atoms with Crippen molar-refractivity contribution in [3.63, 3.8) is 0 Å². The van der Waals surface area contributed by atoms with Crippen LogP contribution in [0.25, 0.3) is 11.0 Å². The van der Waals surface area contributed by atoms with E-state index >= 15 is 0 Å². The molecule has 30 heavy (non-hydrogen) atoms. The fourth-order valence-electron chi connectivity index (χ4n) is 3.67. The number of aromatic nitrogens is 2. The fraction of sp³-hybridized carbons (Fsp3) is 0.0909. The summed E-state index contributed by atoms with van der Waals surface area (Å²) in [5.41, 5.74) is 3.46. The quantitative estimate of drug-likeness (QED) is 0.530. The standard InChI is InChI=1S/C22H18N4O3S/c27-21(25-22-23-18-9-2-3-10-19(18)24-22)16-7-5-8-17(14-16)30(28,29)26-13-12-15-6-1-4-11-20(15)26/h1-11,14H,12-13H2,(H2,23,24,25,27). The van der Waals surface area contributed by atoms with Gasteiger partial charge in [-0.2, -0.15) is 0 Å². The number of sulfonamides is 1. The number of nitrogens with zero attached hydrogens (tertiary/aromatic N) is 2. The minimum Gasteiger partial charge on any atom is -0.324 e. The fourth-order valence-corrected chi connectivity index (χ4v) is 5.22. The second-order valence-electron chi connectivity index (χ2n) is 7.04. The third-order valence-electron chi connectivity index (χ3n) is 5.15. The molecule has 7 nitrogen and oxygen atoms in total. The first-order chi connectivity index (χ1) is 14.5. The van der Waals surface area contributed by atoms with Crippen molar-refractivity contribution >= 4 is 38.6 Å². The van der Waals surface area contributed by atoms with Crippen molar-refractivity contribution in [2.75, 3.05) is 16.2 Å². The lowest BCUT2D eigenvalue weighted by atomic mass is 10.2. The van der Waals surface area contributed by atoms with E-state index in [9.17, 15) is 13.2 Å². The van der Waals surface area contributed by atoms with Gasteiger partial charge < -0.3 is 4.98 Å². The topological polar surface area (TPSA) is 95.2 Å². The Kier molecular flexibility index (Phi) is 4.29. The number of nitrogens with one attached hydrogen (secondary N) is 2. The lowest BCUT2D eigenvalue weighted by Crippen LogP contribution is -2.29. The molecule has 1 aliphatic heterocycles. The molecular weight excluding hydrogens is 400 g/mol. The van der Waals surface area contributed by atoms with Crippen LogP contribution in [0.4, 0.5) is 11.6 Å². The normalized spacial score (nSPS) is 13.4. The van der Waals surface area contributed by atoms with Gasteiger partial charge in [-0.1, -0.05) is 36.4 Å². The van der Waals surface area contributed by atoms with E-state index in [0.717, 1.165) is 16.6 Å². The van der Waals surface area contributed by atoms with E-state index in [0.29, 0.717) is 24.6 Å². The van der Waals surface area contributed by atoms with Gasteiger partial charge in [0.25, 0.3) is 15.9 Å². The summed E-state index contributed by atoms with van der Waals surface area (Å²) in [6.45, 7) is 0.386. The highest BCUT2D eigenvalue weighted by atomic mass is 32.2. The van der Waals surface area contributed by atoms with Crippen LogP contribution in [0.1, 0.15) is 15.9 Å². The number of amides is 1. The number of carbonyl (C=O) groups is 1. The molecule has 4 aromatic rings. The summed E-state index contributed by atoms with van der Waals surface area (Å²) in [5.74, 6) is -0.129. The first-order valence-corrected chi connectivity index (χ1v) is 10.9. The number of carbonyl (C=O) groups excluding carboxylic acids is 1. The Labute approximate surface area is 173 Å². The van der Waals surface area contributed by atoms with E-state index in [1.165, 1.54) is 16.4 Å². The van der Waals surface area contributed by atoms with E-state index in [4.69, 9.17) is 0 Å². The molecule has 0 saturated carbocycles. The summed E-state index contributed by atoms with van der Waals surface area (Å²) in [4.78, 5) is 20.1. The number of hydrogen-bond acceptors (Lipinski definition) is 4. The van der Waals surface area contributed by atoms with Crippen LogP contribution in [0.5, 0.6) is 0 Å². The third-order valence-corrected chi connectivity index (χ3v) is 6.96. The number of rotatable bonds is 4. The van der Waals surface area contributed by atoms with Crippen molar-refractivity contribution in [2.24, 2.45) is 0 Å². The van der Waals surface area contributed by atoms with Crippen LogP contribution in [0.15, 0.2) is 77.7 Å². The molecule has 0 radical (unpaired) electrons. The molecule has 8 heteroatoms. The average molecular weight is 418 g/mol. The molecule has 2 N–H and O–H groups in total. The van der Waals surface area contributed by atoms with Crippen molar-refractivity contribution in [3.8, 4) is 0 Å². The maximum atomic E-state index is 13.2. The molecule has 150 valence electrons. The first kappa shape index (κ1) is 18.4. The summed E-state index contributed by atoms with van der Waals surface area (Å²) in [6.07, 6.45) is 0.668. The molecule has 2 heterocycles. The Bertz CT molecular complexity index is 1340. The Morgan fingerprint density at radius 2 is 1.80 bits per heavy atom. The molecule has 1 aromatic heterocycles. The summed E-state index contributed by atoms with van der Waals surface area (Å²) < 4.78 is 27.8. The minimum atomic E-state index is -3.77. The molecule has 0 bridgehead atoms. The summed E-state index contributed by atoms with van der Waals surface area (Å²) in [5, 5.41) is 2.70. The first-order valence-electron chi connectivity index (χ1n) is 9.49. The van der Waals surface area contributed by atoms with E-state index in [2.05, 4.69) is 15.3 Å². The van der Waals surface area contributed by atoms with Crippen LogP contribution in [0, 0.1) is 0 Å². The zero-order valence-corrected chi connectivity index (χ0v) is 16.7. The second kappa shape index (κ2) is 7.00. The number of hydrogen-bond donors (Lipinski definition) is 2. The van der Waals surface area contributed by atoms with Crippen molar-refractivity contribution in [3.05, 3.63) is 83.9 Å². The van der Waals surface area contributed by atoms with Gasteiger partial charge in [0.1, 0.15) is 0 Å². The highest BCUT2D eigenvalue weighted by molar-refractivity contribution is 7.92. The van der Waals surface area contributed by atoms with Crippen molar-refractivity contribution < 1.29 is 13.2 Å². The van der Waals surface area contributed by atoms with Gasteiger partial charge >= 0.3 is 0 Å².